The quantitative estimate of drug-likeness (QED) is 0.703. The van der Waals surface area contributed by atoms with Gasteiger partial charge < -0.3 is 14.8 Å². The van der Waals surface area contributed by atoms with Gasteiger partial charge in [-0.3, -0.25) is 9.69 Å². The van der Waals surface area contributed by atoms with E-state index in [0.29, 0.717) is 17.4 Å². The first-order chi connectivity index (χ1) is 14.8. The Morgan fingerprint density at radius 1 is 0.875 bits per heavy atom. The van der Waals surface area contributed by atoms with Crippen LogP contribution in [0.3, 0.4) is 0 Å². The Balaban J connectivity index is 0.00000144. The van der Waals surface area contributed by atoms with Crippen molar-refractivity contribution in [3.63, 3.8) is 0 Å². The van der Waals surface area contributed by atoms with E-state index in [0.717, 1.165) is 44.2 Å². The molecule has 0 aliphatic carbocycles. The second-order valence-electron chi connectivity index (χ2n) is 10.5. The number of aromatic nitrogens is 1. The monoisotopic (exact) mass is 484 g/mol. The van der Waals surface area contributed by atoms with Crippen LogP contribution in [0.25, 0.3) is 0 Å². The molecule has 182 valence electrons. The highest BCUT2D eigenvalue weighted by molar-refractivity contribution is 5.85. The van der Waals surface area contributed by atoms with Crippen molar-refractivity contribution in [2.75, 3.05) is 45.8 Å². The SMILES string of the molecule is Cl.Cl.O=c1c(CN2CCCCCCC2)ccc2n1C[C@H]1C[C@@H]2CN(CC2CCNCC2)C1. The predicted molar refractivity (Wildman–Crippen MR) is 136 cm³/mol. The fourth-order valence-electron chi connectivity index (χ4n) is 6.50. The van der Waals surface area contributed by atoms with Crippen LogP contribution in [0.5, 0.6) is 0 Å². The Labute approximate surface area is 206 Å². The number of nitrogens with zero attached hydrogens (tertiary/aromatic N) is 3. The Morgan fingerprint density at radius 3 is 2.34 bits per heavy atom. The molecule has 4 aliphatic rings. The first-order valence-electron chi connectivity index (χ1n) is 12.6. The highest BCUT2D eigenvalue weighted by Gasteiger charge is 2.35. The smallest absolute Gasteiger partial charge is 0.255 e. The molecule has 4 aliphatic heterocycles. The van der Waals surface area contributed by atoms with Crippen LogP contribution in [0.2, 0.25) is 0 Å². The summed E-state index contributed by atoms with van der Waals surface area (Å²) < 4.78 is 2.17. The summed E-state index contributed by atoms with van der Waals surface area (Å²) in [5, 5.41) is 3.49. The molecule has 2 atom stereocenters. The number of halogens is 2. The van der Waals surface area contributed by atoms with Crippen LogP contribution in [0.15, 0.2) is 16.9 Å². The molecule has 7 heteroatoms. The standard InChI is InChI=1S/C25H40N4O.2ClH/c30-25-22(18-27-12-4-2-1-3-5-13-27)6-7-24-23-14-21(17-29(24)25)16-28(19-23)15-20-8-10-26-11-9-20;;/h6-7,20-21,23,26H,1-5,8-19H2;2*1H/t21-,23+;;/m0../s1. The Kier molecular flexibility index (Phi) is 9.93. The first-order valence-corrected chi connectivity index (χ1v) is 12.6. The van der Waals surface area contributed by atoms with Gasteiger partial charge >= 0.3 is 0 Å². The molecule has 2 bridgehead atoms. The second-order valence-corrected chi connectivity index (χ2v) is 10.5. The minimum absolute atomic E-state index is 0. The highest BCUT2D eigenvalue weighted by atomic mass is 35.5. The van der Waals surface area contributed by atoms with E-state index < -0.39 is 0 Å². The van der Waals surface area contributed by atoms with Gasteiger partial charge in [0.2, 0.25) is 0 Å². The number of hydrogen-bond acceptors (Lipinski definition) is 4. The summed E-state index contributed by atoms with van der Waals surface area (Å²) in [5.41, 5.74) is 2.63. The number of fused-ring (bicyclic) bond motifs is 4. The molecule has 0 aromatic carbocycles. The number of nitrogens with one attached hydrogen (secondary N) is 1. The lowest BCUT2D eigenvalue weighted by molar-refractivity contribution is 0.0979. The van der Waals surface area contributed by atoms with Crippen molar-refractivity contribution < 1.29 is 0 Å². The molecule has 0 amide bonds. The van der Waals surface area contributed by atoms with E-state index in [-0.39, 0.29) is 24.8 Å². The molecule has 5 rings (SSSR count). The summed E-state index contributed by atoms with van der Waals surface area (Å²) in [5.74, 6) is 2.04. The third-order valence-corrected chi connectivity index (χ3v) is 8.08. The average Bonchev–Trinajstić information content (AvgIpc) is 2.73. The molecule has 5 nitrogen and oxygen atoms in total. The summed E-state index contributed by atoms with van der Waals surface area (Å²) in [6.45, 7) is 10.0. The topological polar surface area (TPSA) is 40.5 Å². The number of piperidine rings is 2. The van der Waals surface area contributed by atoms with Crippen LogP contribution in [0, 0.1) is 11.8 Å². The molecule has 0 saturated carbocycles. The van der Waals surface area contributed by atoms with Crippen molar-refractivity contribution in [3.05, 3.63) is 33.7 Å². The van der Waals surface area contributed by atoms with E-state index in [1.54, 1.807) is 0 Å². The Morgan fingerprint density at radius 2 is 1.59 bits per heavy atom. The number of pyridine rings is 1. The average molecular weight is 486 g/mol. The van der Waals surface area contributed by atoms with Crippen molar-refractivity contribution in [1.29, 1.82) is 0 Å². The van der Waals surface area contributed by atoms with Gasteiger partial charge in [-0.15, -0.1) is 24.8 Å². The molecule has 1 N–H and O–H groups in total. The van der Waals surface area contributed by atoms with E-state index in [4.69, 9.17) is 0 Å². The molecule has 0 radical (unpaired) electrons. The Hall–Kier alpha value is -0.590. The molecular weight excluding hydrogens is 443 g/mol. The minimum Gasteiger partial charge on any atom is -0.317 e. The molecule has 5 heterocycles. The van der Waals surface area contributed by atoms with E-state index >= 15 is 0 Å². The van der Waals surface area contributed by atoms with Crippen LogP contribution in [0.1, 0.15) is 68.5 Å². The largest absolute Gasteiger partial charge is 0.317 e. The predicted octanol–water partition coefficient (Wildman–Crippen LogP) is 3.88. The van der Waals surface area contributed by atoms with Crippen LogP contribution in [-0.2, 0) is 13.1 Å². The maximum absolute atomic E-state index is 13.4. The zero-order chi connectivity index (χ0) is 20.3. The maximum atomic E-state index is 13.4. The van der Waals surface area contributed by atoms with Crippen LogP contribution in [0.4, 0.5) is 0 Å². The van der Waals surface area contributed by atoms with Gasteiger partial charge in [0.15, 0.2) is 0 Å². The summed E-state index contributed by atoms with van der Waals surface area (Å²) in [6.07, 6.45) is 10.5. The fraction of sp³-hybridized carbons (Fsp3) is 0.800. The van der Waals surface area contributed by atoms with Crippen molar-refractivity contribution in [2.24, 2.45) is 11.8 Å². The van der Waals surface area contributed by atoms with E-state index in [2.05, 4.69) is 31.8 Å². The van der Waals surface area contributed by atoms with E-state index in [9.17, 15) is 4.79 Å². The second kappa shape index (κ2) is 12.2. The molecule has 3 fully saturated rings. The first kappa shape index (κ1) is 26.0. The zero-order valence-electron chi connectivity index (χ0n) is 19.5. The third-order valence-electron chi connectivity index (χ3n) is 8.08. The minimum atomic E-state index is 0. The van der Waals surface area contributed by atoms with Crippen molar-refractivity contribution >= 4 is 24.8 Å². The summed E-state index contributed by atoms with van der Waals surface area (Å²) in [4.78, 5) is 18.6. The molecule has 1 aromatic heterocycles. The van der Waals surface area contributed by atoms with Crippen LogP contribution < -0.4 is 10.9 Å². The van der Waals surface area contributed by atoms with Gasteiger partial charge in [-0.05, 0) is 76.2 Å². The zero-order valence-corrected chi connectivity index (χ0v) is 21.1. The third kappa shape index (κ3) is 6.09. The summed E-state index contributed by atoms with van der Waals surface area (Å²) in [7, 11) is 0. The van der Waals surface area contributed by atoms with Gasteiger partial charge in [-0.25, -0.2) is 0 Å². The molecule has 32 heavy (non-hydrogen) atoms. The van der Waals surface area contributed by atoms with Crippen LogP contribution in [-0.4, -0.2) is 60.2 Å². The lowest BCUT2D eigenvalue weighted by atomic mass is 9.82. The van der Waals surface area contributed by atoms with Gasteiger partial charge in [-0.1, -0.05) is 25.3 Å². The van der Waals surface area contributed by atoms with E-state index in [1.165, 1.54) is 83.2 Å². The van der Waals surface area contributed by atoms with Crippen LogP contribution >= 0.6 is 24.8 Å². The molecule has 1 aromatic rings. The van der Waals surface area contributed by atoms with Gasteiger partial charge in [0, 0.05) is 49.9 Å². The normalized spacial score (nSPS) is 27.4. The van der Waals surface area contributed by atoms with Gasteiger partial charge in [0.1, 0.15) is 0 Å². The number of rotatable bonds is 4. The van der Waals surface area contributed by atoms with Crippen molar-refractivity contribution in [2.45, 2.75) is 70.4 Å². The van der Waals surface area contributed by atoms with Gasteiger partial charge in [0.05, 0.1) is 0 Å². The number of likely N-dealkylation sites (tertiary alicyclic amines) is 2. The molecule has 0 spiro atoms. The van der Waals surface area contributed by atoms with Gasteiger partial charge in [-0.2, -0.15) is 0 Å². The fourth-order valence-corrected chi connectivity index (χ4v) is 6.50. The van der Waals surface area contributed by atoms with E-state index in [1.807, 2.05) is 0 Å². The molecule has 0 unspecified atom stereocenters. The molecular formula is C25H42Cl2N4O. The summed E-state index contributed by atoms with van der Waals surface area (Å²) in [6, 6.07) is 4.47. The summed E-state index contributed by atoms with van der Waals surface area (Å²) >= 11 is 0. The highest BCUT2D eigenvalue weighted by Crippen LogP contribution is 2.36. The van der Waals surface area contributed by atoms with Gasteiger partial charge in [0.25, 0.3) is 5.56 Å². The molecule has 3 saturated heterocycles. The number of hydrogen-bond donors (Lipinski definition) is 1. The Bertz CT molecular complexity index is 772. The van der Waals surface area contributed by atoms with Crippen molar-refractivity contribution in [3.8, 4) is 0 Å². The van der Waals surface area contributed by atoms with Crippen molar-refractivity contribution in [1.82, 2.24) is 19.7 Å². The lowest BCUT2D eigenvalue weighted by Crippen LogP contribution is -2.49. The lowest BCUT2D eigenvalue weighted by Gasteiger charge is -2.44. The maximum Gasteiger partial charge on any atom is 0.255 e.